The maximum atomic E-state index is 13.2. The Morgan fingerprint density at radius 2 is 1.97 bits per heavy atom. The van der Waals surface area contributed by atoms with Gasteiger partial charge in [-0.3, -0.25) is 4.79 Å². The van der Waals surface area contributed by atoms with Crippen molar-refractivity contribution < 1.29 is 23.8 Å². The first-order chi connectivity index (χ1) is 17.3. The number of carbonyl (C=O) groups is 2. The molecule has 0 aliphatic carbocycles. The SMILES string of the molecule is CCOC(=O)C1=C(COCCNc2cc(=O)[nH]cn2)NC(C)=C(C(=O)OC)C1c1cccc(Cl)c1Cl. The highest BCUT2D eigenvalue weighted by Gasteiger charge is 2.40. The lowest BCUT2D eigenvalue weighted by Gasteiger charge is -2.31. The van der Waals surface area contributed by atoms with E-state index in [1.807, 2.05) is 0 Å². The summed E-state index contributed by atoms with van der Waals surface area (Å²) >= 11 is 12.8. The molecule has 3 rings (SSSR count). The Morgan fingerprint density at radius 1 is 1.19 bits per heavy atom. The summed E-state index contributed by atoms with van der Waals surface area (Å²) in [6.07, 6.45) is 1.29. The lowest BCUT2D eigenvalue weighted by atomic mass is 9.80. The van der Waals surface area contributed by atoms with Gasteiger partial charge in [0.25, 0.3) is 5.56 Å². The molecule has 1 aromatic heterocycles. The van der Waals surface area contributed by atoms with Crippen LogP contribution in [0.2, 0.25) is 10.0 Å². The van der Waals surface area contributed by atoms with E-state index < -0.39 is 17.9 Å². The van der Waals surface area contributed by atoms with Gasteiger partial charge >= 0.3 is 11.9 Å². The van der Waals surface area contributed by atoms with Gasteiger partial charge in [0.2, 0.25) is 0 Å². The molecule has 0 amide bonds. The maximum absolute atomic E-state index is 13.2. The van der Waals surface area contributed by atoms with E-state index in [2.05, 4.69) is 20.6 Å². The first-order valence-corrected chi connectivity index (χ1v) is 11.8. The van der Waals surface area contributed by atoms with Crippen LogP contribution in [-0.2, 0) is 23.8 Å². The van der Waals surface area contributed by atoms with Crippen LogP contribution in [0.5, 0.6) is 0 Å². The van der Waals surface area contributed by atoms with E-state index in [1.54, 1.807) is 32.0 Å². The van der Waals surface area contributed by atoms with E-state index >= 15 is 0 Å². The molecule has 1 aromatic carbocycles. The molecule has 0 saturated heterocycles. The van der Waals surface area contributed by atoms with E-state index in [4.69, 9.17) is 37.4 Å². The normalized spacial score (nSPS) is 15.4. The van der Waals surface area contributed by atoms with Crippen molar-refractivity contribution in [3.05, 3.63) is 79.1 Å². The zero-order chi connectivity index (χ0) is 26.2. The number of hydrogen-bond acceptors (Lipinski definition) is 9. The fourth-order valence-corrected chi connectivity index (χ4v) is 4.20. The van der Waals surface area contributed by atoms with Crippen LogP contribution in [0, 0.1) is 0 Å². The summed E-state index contributed by atoms with van der Waals surface area (Å²) in [4.78, 5) is 43.8. The molecule has 2 heterocycles. The molecular weight excluding hydrogens is 511 g/mol. The molecule has 0 bridgehead atoms. The van der Waals surface area contributed by atoms with Gasteiger partial charge in [-0.2, -0.15) is 0 Å². The fourth-order valence-electron chi connectivity index (χ4n) is 3.79. The van der Waals surface area contributed by atoms with Crippen molar-refractivity contribution in [3.63, 3.8) is 0 Å². The molecule has 1 aliphatic heterocycles. The molecule has 1 unspecified atom stereocenters. The van der Waals surface area contributed by atoms with Gasteiger partial charge in [-0.25, -0.2) is 14.6 Å². The average molecular weight is 537 g/mol. The van der Waals surface area contributed by atoms with Crippen LogP contribution in [0.25, 0.3) is 0 Å². The number of nitrogens with one attached hydrogen (secondary N) is 3. The fraction of sp³-hybridized carbons (Fsp3) is 0.333. The third-order valence-corrected chi connectivity index (χ3v) is 6.15. The molecule has 36 heavy (non-hydrogen) atoms. The molecule has 10 nitrogen and oxygen atoms in total. The number of anilines is 1. The number of methoxy groups -OCH3 is 1. The van der Waals surface area contributed by atoms with Crippen molar-refractivity contribution in [2.45, 2.75) is 19.8 Å². The summed E-state index contributed by atoms with van der Waals surface area (Å²) in [5.74, 6) is -1.76. The Labute approximate surface area is 217 Å². The first-order valence-electron chi connectivity index (χ1n) is 11.0. The molecule has 0 saturated carbocycles. The average Bonchev–Trinajstić information content (AvgIpc) is 2.85. The van der Waals surface area contributed by atoms with Crippen molar-refractivity contribution in [3.8, 4) is 0 Å². The second kappa shape index (κ2) is 12.6. The molecular formula is C24H26Cl2N4O6. The smallest absolute Gasteiger partial charge is 0.336 e. The number of aromatic nitrogens is 2. The summed E-state index contributed by atoms with van der Waals surface area (Å²) in [6, 6.07) is 6.31. The number of rotatable bonds is 10. The highest BCUT2D eigenvalue weighted by Crippen LogP contribution is 2.43. The minimum Gasteiger partial charge on any atom is -0.466 e. The van der Waals surface area contributed by atoms with Gasteiger partial charge in [0.05, 0.1) is 66.1 Å². The van der Waals surface area contributed by atoms with Crippen LogP contribution in [0.1, 0.15) is 25.3 Å². The number of halogens is 2. The number of hydrogen-bond donors (Lipinski definition) is 3. The van der Waals surface area contributed by atoms with Crippen molar-refractivity contribution in [2.24, 2.45) is 0 Å². The van der Waals surface area contributed by atoms with Crippen LogP contribution in [0.3, 0.4) is 0 Å². The Hall–Kier alpha value is -3.34. The van der Waals surface area contributed by atoms with Crippen LogP contribution in [-0.4, -0.2) is 55.4 Å². The minimum absolute atomic E-state index is 0.000886. The topological polar surface area (TPSA) is 132 Å². The summed E-state index contributed by atoms with van der Waals surface area (Å²) in [5.41, 5.74) is 1.42. The molecule has 0 fully saturated rings. The molecule has 1 aliphatic rings. The largest absolute Gasteiger partial charge is 0.466 e. The highest BCUT2D eigenvalue weighted by molar-refractivity contribution is 6.42. The molecule has 0 radical (unpaired) electrons. The van der Waals surface area contributed by atoms with Gasteiger partial charge in [-0.1, -0.05) is 35.3 Å². The Balaban J connectivity index is 1.93. The van der Waals surface area contributed by atoms with Gasteiger partial charge in [-0.15, -0.1) is 0 Å². The Kier molecular flexibility index (Phi) is 9.51. The Bertz CT molecular complexity index is 1260. The molecule has 192 valence electrons. The van der Waals surface area contributed by atoms with E-state index in [0.29, 0.717) is 29.3 Å². The zero-order valence-electron chi connectivity index (χ0n) is 19.9. The number of H-pyrrole nitrogens is 1. The van der Waals surface area contributed by atoms with Gasteiger partial charge in [-0.05, 0) is 25.5 Å². The van der Waals surface area contributed by atoms with Gasteiger partial charge in [0.1, 0.15) is 5.82 Å². The predicted octanol–water partition coefficient (Wildman–Crippen LogP) is 3.16. The number of aromatic amines is 1. The minimum atomic E-state index is -0.902. The predicted molar refractivity (Wildman–Crippen MR) is 135 cm³/mol. The summed E-state index contributed by atoms with van der Waals surface area (Å²) in [6.45, 7) is 4.08. The van der Waals surface area contributed by atoms with Crippen LogP contribution >= 0.6 is 23.2 Å². The van der Waals surface area contributed by atoms with Crippen LogP contribution < -0.4 is 16.2 Å². The van der Waals surface area contributed by atoms with Crippen LogP contribution in [0.15, 0.2) is 57.9 Å². The van der Waals surface area contributed by atoms with Crippen LogP contribution in [0.4, 0.5) is 5.82 Å². The summed E-state index contributed by atoms with van der Waals surface area (Å²) in [7, 11) is 1.26. The monoisotopic (exact) mass is 536 g/mol. The molecule has 2 aromatic rings. The van der Waals surface area contributed by atoms with E-state index in [9.17, 15) is 14.4 Å². The summed E-state index contributed by atoms with van der Waals surface area (Å²) in [5, 5.41) is 6.56. The molecule has 1 atom stereocenters. The lowest BCUT2D eigenvalue weighted by Crippen LogP contribution is -2.35. The Morgan fingerprint density at radius 3 is 2.67 bits per heavy atom. The quantitative estimate of drug-likeness (QED) is 0.309. The number of allylic oxidation sites excluding steroid dienone is 1. The first kappa shape index (κ1) is 27.3. The maximum Gasteiger partial charge on any atom is 0.336 e. The van der Waals surface area contributed by atoms with Gasteiger partial charge in [0.15, 0.2) is 0 Å². The number of benzene rings is 1. The molecule has 3 N–H and O–H groups in total. The number of ether oxygens (including phenoxy) is 3. The van der Waals surface area contributed by atoms with Crippen molar-refractivity contribution in [1.82, 2.24) is 15.3 Å². The number of nitrogens with zero attached hydrogens (tertiary/aromatic N) is 1. The van der Waals surface area contributed by atoms with Gasteiger partial charge in [0, 0.05) is 18.3 Å². The second-order valence-electron chi connectivity index (χ2n) is 7.62. The third-order valence-electron chi connectivity index (χ3n) is 5.32. The van der Waals surface area contributed by atoms with E-state index in [0.717, 1.165) is 0 Å². The van der Waals surface area contributed by atoms with Gasteiger partial charge < -0.3 is 29.8 Å². The third kappa shape index (κ3) is 6.26. The van der Waals surface area contributed by atoms with E-state index in [1.165, 1.54) is 19.5 Å². The molecule has 12 heteroatoms. The zero-order valence-corrected chi connectivity index (χ0v) is 21.5. The van der Waals surface area contributed by atoms with Crippen molar-refractivity contribution in [2.75, 3.05) is 38.8 Å². The number of esters is 2. The highest BCUT2D eigenvalue weighted by atomic mass is 35.5. The number of dihydropyridines is 1. The molecule has 0 spiro atoms. The standard InChI is InChI=1S/C24H26Cl2N4O6/c1-4-36-24(33)21-16(11-35-9-8-27-17-10-18(31)29-12-28-17)30-13(2)19(23(32)34-3)20(21)14-6-5-7-15(25)22(14)26/h5-7,10,12,20,30H,4,8-9,11H2,1-3H3,(H2,27,28,29,31). The van der Waals surface area contributed by atoms with Crippen molar-refractivity contribution >= 4 is 41.0 Å². The van der Waals surface area contributed by atoms with Crippen molar-refractivity contribution in [1.29, 1.82) is 0 Å². The van der Waals surface area contributed by atoms with E-state index in [-0.39, 0.29) is 46.6 Å². The summed E-state index contributed by atoms with van der Waals surface area (Å²) < 4.78 is 16.1. The number of carbonyl (C=O) groups excluding carboxylic acids is 2. The second-order valence-corrected chi connectivity index (χ2v) is 8.40. The lowest BCUT2D eigenvalue weighted by molar-refractivity contribution is -0.139.